The molecule has 0 aliphatic heterocycles. The van der Waals surface area contributed by atoms with Gasteiger partial charge in [0.05, 0.1) is 11.7 Å². The van der Waals surface area contributed by atoms with Gasteiger partial charge in [-0.2, -0.15) is 0 Å². The molecule has 1 nitrogen and oxygen atoms in total. The Morgan fingerprint density at radius 1 is 1.16 bits per heavy atom. The summed E-state index contributed by atoms with van der Waals surface area (Å²) in [6, 6.07) is 10.5. The molecule has 2 rings (SSSR count). The zero-order valence-electron chi connectivity index (χ0n) is 10.5. The summed E-state index contributed by atoms with van der Waals surface area (Å²) in [5.74, 6) is -0.677. The summed E-state index contributed by atoms with van der Waals surface area (Å²) in [5.41, 5.74) is 1.10. The molecule has 0 spiro atoms. The van der Waals surface area contributed by atoms with E-state index in [1.807, 2.05) is 13.0 Å². The van der Waals surface area contributed by atoms with Gasteiger partial charge in [0.2, 0.25) is 0 Å². The molecule has 2 aromatic rings. The van der Waals surface area contributed by atoms with Crippen molar-refractivity contribution in [1.29, 1.82) is 0 Å². The molecule has 0 saturated heterocycles. The van der Waals surface area contributed by atoms with Gasteiger partial charge >= 0.3 is 0 Å². The topological polar surface area (TPSA) is 12.0 Å². The van der Waals surface area contributed by atoms with E-state index in [1.54, 1.807) is 6.07 Å². The molecular formula is C15H14ClF2N. The smallest absolute Gasteiger partial charge is 0.146 e. The Labute approximate surface area is 116 Å². The van der Waals surface area contributed by atoms with Crippen LogP contribution in [0.15, 0.2) is 42.5 Å². The molecule has 0 fully saturated rings. The van der Waals surface area contributed by atoms with Crippen molar-refractivity contribution in [1.82, 2.24) is 0 Å². The molecule has 0 saturated carbocycles. The van der Waals surface area contributed by atoms with Gasteiger partial charge < -0.3 is 5.32 Å². The number of nitrogens with one attached hydrogen (secondary N) is 1. The lowest BCUT2D eigenvalue weighted by Crippen LogP contribution is -2.11. The lowest BCUT2D eigenvalue weighted by atomic mass is 10.0. The monoisotopic (exact) mass is 281 g/mol. The van der Waals surface area contributed by atoms with Crippen molar-refractivity contribution in [2.45, 2.75) is 19.4 Å². The average Bonchev–Trinajstić information content (AvgIpc) is 2.39. The normalized spacial score (nSPS) is 12.2. The third-order valence-electron chi connectivity index (χ3n) is 2.92. The van der Waals surface area contributed by atoms with Crippen molar-refractivity contribution in [3.05, 3.63) is 64.7 Å². The van der Waals surface area contributed by atoms with Crippen molar-refractivity contribution in [3.8, 4) is 0 Å². The Hall–Kier alpha value is -1.61. The number of rotatable bonds is 4. The largest absolute Gasteiger partial charge is 0.376 e. The molecule has 100 valence electrons. The predicted octanol–water partition coefficient (Wildman–Crippen LogP) is 5.18. The highest BCUT2D eigenvalue weighted by Gasteiger charge is 2.12. The zero-order valence-corrected chi connectivity index (χ0v) is 11.2. The SMILES string of the molecule is CCC(Nc1cc(Cl)ccc1F)c1cccc(F)c1. The lowest BCUT2D eigenvalue weighted by Gasteiger charge is -2.19. The van der Waals surface area contributed by atoms with E-state index in [1.165, 1.54) is 30.3 Å². The minimum atomic E-state index is -0.376. The van der Waals surface area contributed by atoms with Crippen LogP contribution in [0.5, 0.6) is 0 Å². The van der Waals surface area contributed by atoms with E-state index in [9.17, 15) is 8.78 Å². The Morgan fingerprint density at radius 3 is 2.63 bits per heavy atom. The van der Waals surface area contributed by atoms with E-state index in [0.29, 0.717) is 17.1 Å². The van der Waals surface area contributed by atoms with E-state index < -0.39 is 0 Å². The van der Waals surface area contributed by atoms with Gasteiger partial charge in [0.25, 0.3) is 0 Å². The predicted molar refractivity (Wildman–Crippen MR) is 74.5 cm³/mol. The number of hydrogen-bond acceptors (Lipinski definition) is 1. The Kier molecular flexibility index (Phi) is 4.38. The maximum Gasteiger partial charge on any atom is 0.146 e. The molecule has 0 bridgehead atoms. The van der Waals surface area contributed by atoms with Gasteiger partial charge in [0, 0.05) is 5.02 Å². The van der Waals surface area contributed by atoms with Gasteiger partial charge in [0.15, 0.2) is 0 Å². The summed E-state index contributed by atoms with van der Waals surface area (Å²) >= 11 is 5.85. The van der Waals surface area contributed by atoms with Crippen LogP contribution in [0.25, 0.3) is 0 Å². The molecule has 1 unspecified atom stereocenters. The fraction of sp³-hybridized carbons (Fsp3) is 0.200. The number of anilines is 1. The second kappa shape index (κ2) is 6.02. The van der Waals surface area contributed by atoms with Crippen LogP contribution in [0.2, 0.25) is 5.02 Å². The summed E-state index contributed by atoms with van der Waals surface area (Å²) < 4.78 is 26.9. The summed E-state index contributed by atoms with van der Waals surface area (Å²) in [5, 5.41) is 3.51. The Bertz CT molecular complexity index is 572. The second-order valence-electron chi connectivity index (χ2n) is 4.28. The van der Waals surface area contributed by atoms with Crippen LogP contribution >= 0.6 is 11.6 Å². The van der Waals surface area contributed by atoms with Crippen LogP contribution in [0.3, 0.4) is 0 Å². The number of halogens is 3. The molecule has 0 heterocycles. The van der Waals surface area contributed by atoms with Crippen molar-refractivity contribution >= 4 is 17.3 Å². The third kappa shape index (κ3) is 3.44. The van der Waals surface area contributed by atoms with Crippen molar-refractivity contribution in [3.63, 3.8) is 0 Å². The molecular weight excluding hydrogens is 268 g/mol. The minimum absolute atomic E-state index is 0.163. The molecule has 2 aromatic carbocycles. The molecule has 0 aliphatic carbocycles. The van der Waals surface area contributed by atoms with Crippen molar-refractivity contribution in [2.24, 2.45) is 0 Å². The van der Waals surface area contributed by atoms with Crippen LogP contribution in [0, 0.1) is 11.6 Å². The second-order valence-corrected chi connectivity index (χ2v) is 4.72. The highest BCUT2D eigenvalue weighted by Crippen LogP contribution is 2.26. The van der Waals surface area contributed by atoms with Crippen molar-refractivity contribution < 1.29 is 8.78 Å². The fourth-order valence-corrected chi connectivity index (χ4v) is 2.11. The van der Waals surface area contributed by atoms with Crippen LogP contribution in [0.4, 0.5) is 14.5 Å². The van der Waals surface area contributed by atoms with E-state index in [-0.39, 0.29) is 17.7 Å². The lowest BCUT2D eigenvalue weighted by molar-refractivity contribution is 0.615. The quantitative estimate of drug-likeness (QED) is 0.814. The van der Waals surface area contributed by atoms with Gasteiger partial charge in [-0.25, -0.2) is 8.78 Å². The summed E-state index contributed by atoms with van der Waals surface area (Å²) in [6.45, 7) is 1.95. The van der Waals surface area contributed by atoms with Gasteiger partial charge in [-0.15, -0.1) is 0 Å². The zero-order chi connectivity index (χ0) is 13.8. The molecule has 0 amide bonds. The number of hydrogen-bond donors (Lipinski definition) is 1. The van der Waals surface area contributed by atoms with E-state index in [4.69, 9.17) is 11.6 Å². The van der Waals surface area contributed by atoms with Gasteiger partial charge in [0.1, 0.15) is 11.6 Å². The third-order valence-corrected chi connectivity index (χ3v) is 3.15. The molecule has 0 aromatic heterocycles. The van der Waals surface area contributed by atoms with Gasteiger partial charge in [-0.3, -0.25) is 0 Å². The Balaban J connectivity index is 2.26. The maximum absolute atomic E-state index is 13.7. The number of benzene rings is 2. The van der Waals surface area contributed by atoms with Crippen molar-refractivity contribution in [2.75, 3.05) is 5.32 Å². The highest BCUT2D eigenvalue weighted by molar-refractivity contribution is 6.30. The van der Waals surface area contributed by atoms with E-state index in [2.05, 4.69) is 5.32 Å². The van der Waals surface area contributed by atoms with Crippen LogP contribution < -0.4 is 5.32 Å². The van der Waals surface area contributed by atoms with Gasteiger partial charge in [-0.1, -0.05) is 30.7 Å². The van der Waals surface area contributed by atoms with Crippen LogP contribution in [-0.2, 0) is 0 Å². The average molecular weight is 282 g/mol. The van der Waals surface area contributed by atoms with Crippen LogP contribution in [0.1, 0.15) is 24.9 Å². The minimum Gasteiger partial charge on any atom is -0.376 e. The summed E-state index contributed by atoms with van der Waals surface area (Å²) in [6.07, 6.45) is 0.704. The summed E-state index contributed by atoms with van der Waals surface area (Å²) in [4.78, 5) is 0. The first kappa shape index (κ1) is 13.8. The molecule has 1 atom stereocenters. The highest BCUT2D eigenvalue weighted by atomic mass is 35.5. The maximum atomic E-state index is 13.7. The van der Waals surface area contributed by atoms with E-state index >= 15 is 0 Å². The van der Waals surface area contributed by atoms with Gasteiger partial charge in [-0.05, 0) is 42.3 Å². The summed E-state index contributed by atoms with van der Waals surface area (Å²) in [7, 11) is 0. The molecule has 0 radical (unpaired) electrons. The van der Waals surface area contributed by atoms with Crippen LogP contribution in [-0.4, -0.2) is 0 Å². The standard InChI is InChI=1S/C15H14ClF2N/c1-2-14(10-4-3-5-12(17)8-10)19-15-9-11(16)6-7-13(15)18/h3-9,14,19H,2H2,1H3. The molecule has 0 aliphatic rings. The first-order chi connectivity index (χ1) is 9.10. The molecule has 1 N–H and O–H groups in total. The Morgan fingerprint density at radius 2 is 1.95 bits per heavy atom. The molecule has 4 heteroatoms. The first-order valence-corrected chi connectivity index (χ1v) is 6.45. The fourth-order valence-electron chi connectivity index (χ4n) is 1.94. The molecule has 19 heavy (non-hydrogen) atoms. The van der Waals surface area contributed by atoms with E-state index in [0.717, 1.165) is 5.56 Å². The first-order valence-electron chi connectivity index (χ1n) is 6.07.